The quantitative estimate of drug-likeness (QED) is 0.839. The van der Waals surface area contributed by atoms with E-state index in [0.29, 0.717) is 24.3 Å². The Labute approximate surface area is 114 Å². The molecule has 5 nitrogen and oxygen atoms in total. The molecule has 1 aromatic carbocycles. The van der Waals surface area contributed by atoms with E-state index in [9.17, 15) is 4.39 Å². The van der Waals surface area contributed by atoms with Gasteiger partial charge in [-0.25, -0.2) is 14.4 Å². The van der Waals surface area contributed by atoms with Gasteiger partial charge in [0.25, 0.3) is 0 Å². The minimum Gasteiger partial charge on any atom is -0.492 e. The minimum absolute atomic E-state index is 0.0824. The fourth-order valence-electron chi connectivity index (χ4n) is 2.10. The molecule has 20 heavy (non-hydrogen) atoms. The topological polar surface area (TPSA) is 68.0 Å². The Morgan fingerprint density at radius 2 is 2.15 bits per heavy atom. The molecule has 0 radical (unpaired) electrons. The molecule has 0 unspecified atom stereocenters. The molecule has 2 aromatic rings. The van der Waals surface area contributed by atoms with Crippen LogP contribution in [0.3, 0.4) is 0 Å². The van der Waals surface area contributed by atoms with Crippen LogP contribution < -0.4 is 9.47 Å². The Bertz CT molecular complexity index is 683. The van der Waals surface area contributed by atoms with Crippen molar-refractivity contribution in [2.75, 3.05) is 6.61 Å². The van der Waals surface area contributed by atoms with Gasteiger partial charge in [-0.15, -0.1) is 0 Å². The predicted molar refractivity (Wildman–Crippen MR) is 67.0 cm³/mol. The normalized spacial score (nSPS) is 13.0. The van der Waals surface area contributed by atoms with Gasteiger partial charge < -0.3 is 9.47 Å². The summed E-state index contributed by atoms with van der Waals surface area (Å²) in [4.78, 5) is 7.87. The van der Waals surface area contributed by atoms with Crippen LogP contribution in [0.5, 0.6) is 17.5 Å². The predicted octanol–water partition coefficient (Wildman–Crippen LogP) is 2.60. The van der Waals surface area contributed by atoms with E-state index in [2.05, 4.69) is 9.97 Å². The summed E-state index contributed by atoms with van der Waals surface area (Å²) in [6, 6.07) is 4.80. The van der Waals surface area contributed by atoms with E-state index in [4.69, 9.17) is 14.7 Å². The van der Waals surface area contributed by atoms with E-state index in [0.717, 1.165) is 6.42 Å². The van der Waals surface area contributed by atoms with Crippen LogP contribution in [0.2, 0.25) is 0 Å². The molecular weight excluding hydrogens is 261 g/mol. The second-order valence-electron chi connectivity index (χ2n) is 4.24. The first-order chi connectivity index (χ1) is 9.79. The molecule has 0 fully saturated rings. The molecule has 0 atom stereocenters. The fourth-order valence-corrected chi connectivity index (χ4v) is 2.10. The summed E-state index contributed by atoms with van der Waals surface area (Å²) in [6.45, 7) is 0.465. The summed E-state index contributed by atoms with van der Waals surface area (Å²) in [7, 11) is 0. The maximum absolute atomic E-state index is 13.9. The Balaban J connectivity index is 2.08. The highest BCUT2D eigenvalue weighted by molar-refractivity contribution is 5.56. The Morgan fingerprint density at radius 3 is 2.90 bits per heavy atom. The summed E-state index contributed by atoms with van der Waals surface area (Å²) in [5, 5.41) is 9.02. The van der Waals surface area contributed by atoms with Crippen molar-refractivity contribution < 1.29 is 13.9 Å². The summed E-state index contributed by atoms with van der Waals surface area (Å²) < 4.78 is 24.8. The van der Waals surface area contributed by atoms with Crippen molar-refractivity contribution in [1.82, 2.24) is 9.97 Å². The second-order valence-corrected chi connectivity index (χ2v) is 4.24. The van der Waals surface area contributed by atoms with Crippen molar-refractivity contribution in [3.63, 3.8) is 0 Å². The number of rotatable bonds is 2. The molecule has 0 spiro atoms. The molecule has 1 aliphatic rings. The van der Waals surface area contributed by atoms with Crippen molar-refractivity contribution in [3.05, 3.63) is 41.5 Å². The van der Waals surface area contributed by atoms with Gasteiger partial charge in [0.05, 0.1) is 6.61 Å². The van der Waals surface area contributed by atoms with Gasteiger partial charge in [-0.3, -0.25) is 0 Å². The van der Waals surface area contributed by atoms with E-state index < -0.39 is 5.82 Å². The lowest BCUT2D eigenvalue weighted by Crippen LogP contribution is -2.12. The number of benzene rings is 1. The molecule has 2 heterocycles. The van der Waals surface area contributed by atoms with Crippen molar-refractivity contribution in [3.8, 4) is 23.6 Å². The zero-order valence-electron chi connectivity index (χ0n) is 10.5. The number of aromatic nitrogens is 2. The lowest BCUT2D eigenvalue weighted by Gasteiger charge is -2.21. The van der Waals surface area contributed by atoms with Crippen molar-refractivity contribution >= 4 is 0 Å². The van der Waals surface area contributed by atoms with Gasteiger partial charge in [-0.1, -0.05) is 0 Å². The van der Waals surface area contributed by atoms with E-state index in [1.54, 1.807) is 6.07 Å². The summed E-state index contributed by atoms with van der Waals surface area (Å²) in [6.07, 6.45) is 4.51. The number of hydrogen-bond donors (Lipinski definition) is 0. The minimum atomic E-state index is -0.668. The Morgan fingerprint density at radius 1 is 1.35 bits per heavy atom. The average molecular weight is 271 g/mol. The zero-order chi connectivity index (χ0) is 13.9. The van der Waals surface area contributed by atoms with Gasteiger partial charge in [0.15, 0.2) is 0 Å². The molecule has 0 saturated carbocycles. The number of hydrogen-bond acceptors (Lipinski definition) is 5. The summed E-state index contributed by atoms with van der Waals surface area (Å²) >= 11 is 0. The molecule has 6 heteroatoms. The van der Waals surface area contributed by atoms with Crippen LogP contribution in [-0.4, -0.2) is 16.6 Å². The van der Waals surface area contributed by atoms with E-state index in [1.807, 2.05) is 6.07 Å². The number of ether oxygens (including phenoxy) is 2. The van der Waals surface area contributed by atoms with E-state index >= 15 is 0 Å². The van der Waals surface area contributed by atoms with Crippen LogP contribution in [0.25, 0.3) is 0 Å². The fraction of sp³-hybridized carbons (Fsp3) is 0.214. The first kappa shape index (κ1) is 12.4. The summed E-state index contributed by atoms with van der Waals surface area (Å²) in [5.74, 6) is -0.105. The Kier molecular flexibility index (Phi) is 3.17. The first-order valence-electron chi connectivity index (χ1n) is 6.12. The molecule has 0 amide bonds. The molecule has 1 aromatic heterocycles. The van der Waals surface area contributed by atoms with Gasteiger partial charge in [0.2, 0.25) is 0 Å². The highest BCUT2D eigenvalue weighted by Gasteiger charge is 2.24. The van der Waals surface area contributed by atoms with Crippen molar-refractivity contribution in [2.45, 2.75) is 12.8 Å². The molecule has 3 rings (SSSR count). The highest BCUT2D eigenvalue weighted by Crippen LogP contribution is 2.38. The van der Waals surface area contributed by atoms with Gasteiger partial charge in [0.1, 0.15) is 28.9 Å². The van der Waals surface area contributed by atoms with Crippen molar-refractivity contribution in [2.24, 2.45) is 0 Å². The Hall–Kier alpha value is -2.68. The third-order valence-corrected chi connectivity index (χ3v) is 2.97. The lowest BCUT2D eigenvalue weighted by molar-refractivity contribution is 0.280. The molecule has 0 aliphatic carbocycles. The maximum Gasteiger partial charge on any atom is 0.321 e. The third-order valence-electron chi connectivity index (χ3n) is 2.97. The van der Waals surface area contributed by atoms with Gasteiger partial charge in [-0.2, -0.15) is 5.26 Å². The number of nitrogens with zero attached hydrogens (tertiary/aromatic N) is 3. The van der Waals surface area contributed by atoms with Crippen LogP contribution in [0, 0.1) is 17.1 Å². The van der Waals surface area contributed by atoms with Gasteiger partial charge in [0, 0.05) is 24.0 Å². The van der Waals surface area contributed by atoms with Crippen LogP contribution in [0.4, 0.5) is 4.39 Å². The molecular formula is C14H10FN3O2. The SMILES string of the molecule is N#Cc1c(F)cc(Oc2ncccn2)c2c1OCCC2. The monoisotopic (exact) mass is 271 g/mol. The van der Waals surface area contributed by atoms with Crippen LogP contribution in [0.15, 0.2) is 24.5 Å². The van der Waals surface area contributed by atoms with Crippen LogP contribution in [-0.2, 0) is 6.42 Å². The molecule has 100 valence electrons. The lowest BCUT2D eigenvalue weighted by atomic mass is 10.0. The number of halogens is 1. The number of nitriles is 1. The molecule has 1 aliphatic heterocycles. The first-order valence-corrected chi connectivity index (χ1v) is 6.12. The molecule has 0 bridgehead atoms. The highest BCUT2D eigenvalue weighted by atomic mass is 19.1. The number of fused-ring (bicyclic) bond motifs is 1. The standard InChI is InChI=1S/C14H10FN3O2/c15-11-7-12(20-14-17-4-2-5-18-14)9-3-1-6-19-13(9)10(11)8-16/h2,4-5,7H,1,3,6H2. The second kappa shape index (κ2) is 5.13. The smallest absolute Gasteiger partial charge is 0.321 e. The van der Waals surface area contributed by atoms with Gasteiger partial charge >= 0.3 is 6.01 Å². The van der Waals surface area contributed by atoms with Gasteiger partial charge in [-0.05, 0) is 18.9 Å². The maximum atomic E-state index is 13.9. The molecule has 0 saturated heterocycles. The van der Waals surface area contributed by atoms with E-state index in [1.165, 1.54) is 18.5 Å². The molecule has 0 N–H and O–H groups in total. The van der Waals surface area contributed by atoms with Crippen molar-refractivity contribution in [1.29, 1.82) is 5.26 Å². The third kappa shape index (κ3) is 2.14. The zero-order valence-corrected chi connectivity index (χ0v) is 10.5. The summed E-state index contributed by atoms with van der Waals surface area (Å²) in [5.41, 5.74) is 0.600. The largest absolute Gasteiger partial charge is 0.492 e. The van der Waals surface area contributed by atoms with Crippen LogP contribution in [0.1, 0.15) is 17.5 Å². The average Bonchev–Trinajstić information content (AvgIpc) is 2.49. The van der Waals surface area contributed by atoms with E-state index in [-0.39, 0.29) is 17.3 Å². The van der Waals surface area contributed by atoms with Crippen LogP contribution >= 0.6 is 0 Å².